The highest BCUT2D eigenvalue weighted by molar-refractivity contribution is 7.80. The summed E-state index contributed by atoms with van der Waals surface area (Å²) in [5.41, 5.74) is 5.80. The summed E-state index contributed by atoms with van der Waals surface area (Å²) < 4.78 is 6.96. The fourth-order valence-corrected chi connectivity index (χ4v) is 5.02. The summed E-state index contributed by atoms with van der Waals surface area (Å²) >= 11 is 7.01. The zero-order valence-corrected chi connectivity index (χ0v) is 20.9. The predicted octanol–water partition coefficient (Wildman–Crippen LogP) is 5.80. The normalized spacial score (nSPS) is 10.7. The second kappa shape index (κ2) is 10.6. The number of nitrogens with zero attached hydrogens (tertiary/aromatic N) is 2. The van der Waals surface area contributed by atoms with Crippen LogP contribution in [0.2, 0.25) is 0 Å². The Morgan fingerprint density at radius 3 is 2.41 bits per heavy atom. The number of rotatable bonds is 7. The van der Waals surface area contributed by atoms with Gasteiger partial charge in [-0.2, -0.15) is 5.10 Å². The number of ether oxygens (including phenoxy) is 1. The van der Waals surface area contributed by atoms with Crippen LogP contribution in [0.1, 0.15) is 37.7 Å². The largest absolute Gasteiger partial charge is 0.465 e. The zero-order chi connectivity index (χ0) is 24.1. The molecule has 0 aliphatic carbocycles. The molecular formula is C26H26N4O2S2. The monoisotopic (exact) mass is 490 g/mol. The van der Waals surface area contributed by atoms with Gasteiger partial charge in [-0.1, -0.05) is 42.5 Å². The molecule has 6 nitrogen and oxygen atoms in total. The van der Waals surface area contributed by atoms with Crippen LogP contribution < -0.4 is 10.6 Å². The molecule has 4 aromatic rings. The number of aromatic nitrogens is 2. The number of thiocarbonyl (C=S) groups is 1. The van der Waals surface area contributed by atoms with E-state index in [0.717, 1.165) is 33.9 Å². The van der Waals surface area contributed by atoms with Crippen LogP contribution in [-0.2, 0) is 17.7 Å². The number of anilines is 2. The maximum atomic E-state index is 12.3. The third kappa shape index (κ3) is 5.89. The Hall–Kier alpha value is -3.49. The molecule has 0 aliphatic heterocycles. The fourth-order valence-electron chi connectivity index (χ4n) is 3.65. The number of carbonyl (C=O) groups excluding carboxylic acids is 1. The first-order chi connectivity index (χ1) is 16.4. The second-order valence-electron chi connectivity index (χ2n) is 7.97. The number of benzene rings is 2. The topological polar surface area (TPSA) is 68.2 Å². The van der Waals surface area contributed by atoms with Gasteiger partial charge in [0.25, 0.3) is 0 Å². The Bertz CT molecular complexity index is 1290. The first-order valence-corrected chi connectivity index (χ1v) is 12.1. The molecule has 0 fully saturated rings. The van der Waals surface area contributed by atoms with Gasteiger partial charge >= 0.3 is 5.97 Å². The number of aryl methyl sites for hydroxylation is 2. The Morgan fingerprint density at radius 2 is 1.76 bits per heavy atom. The van der Waals surface area contributed by atoms with E-state index in [1.54, 1.807) is 0 Å². The van der Waals surface area contributed by atoms with Gasteiger partial charge in [0, 0.05) is 22.7 Å². The summed E-state index contributed by atoms with van der Waals surface area (Å²) in [6, 6.07) is 22.1. The van der Waals surface area contributed by atoms with Crippen molar-refractivity contribution >= 4 is 45.3 Å². The zero-order valence-electron chi connectivity index (χ0n) is 19.3. The van der Waals surface area contributed by atoms with E-state index >= 15 is 0 Å². The van der Waals surface area contributed by atoms with Crippen molar-refractivity contribution < 1.29 is 9.53 Å². The molecule has 4 rings (SSSR count). The van der Waals surface area contributed by atoms with Gasteiger partial charge in [0.15, 0.2) is 5.11 Å². The van der Waals surface area contributed by atoms with Gasteiger partial charge in [-0.25, -0.2) is 4.79 Å². The molecule has 34 heavy (non-hydrogen) atoms. The molecule has 0 radical (unpaired) electrons. The number of nitrogens with one attached hydrogen (secondary N) is 2. The van der Waals surface area contributed by atoms with Crippen LogP contribution >= 0.6 is 23.6 Å². The van der Waals surface area contributed by atoms with Gasteiger partial charge in [0.05, 0.1) is 24.9 Å². The van der Waals surface area contributed by atoms with Crippen molar-refractivity contribution in [1.29, 1.82) is 0 Å². The second-order valence-corrected chi connectivity index (χ2v) is 9.52. The standard InChI is InChI=1S/C26H26N4O2S2/c1-17-13-18(2)30(29-17)16-20-9-11-21(12-10-20)27-26(33)28-24-23(25(31)32-3)15-22(34-24)14-19-7-5-4-6-8-19/h4-13,15H,14,16H2,1-3H3,(H2,27,28,33). The van der Waals surface area contributed by atoms with Crippen LogP contribution in [0.15, 0.2) is 66.7 Å². The highest BCUT2D eigenvalue weighted by atomic mass is 32.1. The molecule has 2 heterocycles. The molecule has 174 valence electrons. The molecular weight excluding hydrogens is 464 g/mol. The summed E-state index contributed by atoms with van der Waals surface area (Å²) in [6.45, 7) is 4.76. The number of hydrogen-bond acceptors (Lipinski definition) is 5. The van der Waals surface area contributed by atoms with Crippen LogP contribution in [-0.4, -0.2) is 28.0 Å². The van der Waals surface area contributed by atoms with E-state index in [9.17, 15) is 4.79 Å². The highest BCUT2D eigenvalue weighted by Gasteiger charge is 2.18. The first-order valence-electron chi connectivity index (χ1n) is 10.8. The van der Waals surface area contributed by atoms with E-state index in [-0.39, 0.29) is 0 Å². The van der Waals surface area contributed by atoms with E-state index in [2.05, 4.69) is 40.9 Å². The molecule has 2 aromatic carbocycles. The average Bonchev–Trinajstić information content (AvgIpc) is 3.36. The van der Waals surface area contributed by atoms with Gasteiger partial charge < -0.3 is 15.4 Å². The molecule has 0 saturated heterocycles. The Kier molecular flexibility index (Phi) is 7.40. The van der Waals surface area contributed by atoms with Crippen molar-refractivity contribution in [3.63, 3.8) is 0 Å². The van der Waals surface area contributed by atoms with Crippen LogP contribution in [0.25, 0.3) is 0 Å². The Morgan fingerprint density at radius 1 is 1.03 bits per heavy atom. The van der Waals surface area contributed by atoms with E-state index < -0.39 is 5.97 Å². The summed E-state index contributed by atoms with van der Waals surface area (Å²) in [6.07, 6.45) is 0.730. The number of carbonyl (C=O) groups is 1. The predicted molar refractivity (Wildman–Crippen MR) is 142 cm³/mol. The maximum absolute atomic E-state index is 12.3. The summed E-state index contributed by atoms with van der Waals surface area (Å²) in [5.74, 6) is -0.394. The quantitative estimate of drug-likeness (QED) is 0.252. The van der Waals surface area contributed by atoms with Crippen molar-refractivity contribution in [2.24, 2.45) is 0 Å². The fraction of sp³-hybridized carbons (Fsp3) is 0.192. The molecule has 0 amide bonds. The van der Waals surface area contributed by atoms with Crippen LogP contribution in [0.4, 0.5) is 10.7 Å². The maximum Gasteiger partial charge on any atom is 0.340 e. The lowest BCUT2D eigenvalue weighted by Gasteiger charge is -2.11. The average molecular weight is 491 g/mol. The molecule has 2 aromatic heterocycles. The molecule has 0 atom stereocenters. The minimum absolute atomic E-state index is 0.394. The van der Waals surface area contributed by atoms with Crippen molar-refractivity contribution in [3.05, 3.63) is 99.7 Å². The number of hydrogen-bond donors (Lipinski definition) is 2. The molecule has 0 aliphatic rings. The highest BCUT2D eigenvalue weighted by Crippen LogP contribution is 2.31. The molecule has 0 bridgehead atoms. The van der Waals surface area contributed by atoms with Crippen LogP contribution in [0.3, 0.4) is 0 Å². The van der Waals surface area contributed by atoms with E-state index in [4.69, 9.17) is 17.0 Å². The van der Waals surface area contributed by atoms with E-state index in [1.165, 1.54) is 24.0 Å². The third-order valence-electron chi connectivity index (χ3n) is 5.28. The third-order valence-corrected chi connectivity index (χ3v) is 6.54. The summed E-state index contributed by atoms with van der Waals surface area (Å²) in [5, 5.41) is 11.9. The minimum atomic E-state index is -0.394. The van der Waals surface area contributed by atoms with Gasteiger partial charge in [0.2, 0.25) is 0 Å². The smallest absolute Gasteiger partial charge is 0.340 e. The van der Waals surface area contributed by atoms with Gasteiger partial charge in [-0.15, -0.1) is 11.3 Å². The van der Waals surface area contributed by atoms with Gasteiger partial charge in [-0.05, 0) is 61.5 Å². The van der Waals surface area contributed by atoms with Gasteiger partial charge in [-0.3, -0.25) is 4.68 Å². The molecule has 0 spiro atoms. The molecule has 0 saturated carbocycles. The van der Waals surface area contributed by atoms with Crippen molar-refractivity contribution in [1.82, 2.24) is 9.78 Å². The lowest BCUT2D eigenvalue weighted by molar-refractivity contribution is 0.0602. The van der Waals surface area contributed by atoms with Crippen LogP contribution in [0, 0.1) is 13.8 Å². The van der Waals surface area contributed by atoms with Crippen LogP contribution in [0.5, 0.6) is 0 Å². The molecule has 8 heteroatoms. The number of esters is 1. The summed E-state index contributed by atoms with van der Waals surface area (Å²) in [7, 11) is 1.38. The van der Waals surface area contributed by atoms with E-state index in [0.29, 0.717) is 22.2 Å². The van der Waals surface area contributed by atoms with Crippen molar-refractivity contribution in [3.8, 4) is 0 Å². The Balaban J connectivity index is 1.42. The van der Waals surface area contributed by atoms with Crippen molar-refractivity contribution in [2.45, 2.75) is 26.8 Å². The summed E-state index contributed by atoms with van der Waals surface area (Å²) in [4.78, 5) is 13.4. The molecule has 2 N–H and O–H groups in total. The minimum Gasteiger partial charge on any atom is -0.465 e. The number of thiophene rings is 1. The number of methoxy groups -OCH3 is 1. The molecule has 0 unspecified atom stereocenters. The Labute approximate surface area is 208 Å². The van der Waals surface area contributed by atoms with E-state index in [1.807, 2.05) is 60.1 Å². The lowest BCUT2D eigenvalue weighted by atomic mass is 10.1. The SMILES string of the molecule is COC(=O)c1cc(Cc2ccccc2)sc1NC(=S)Nc1ccc(Cn2nc(C)cc2C)cc1. The first kappa shape index (κ1) is 23.7. The lowest BCUT2D eigenvalue weighted by Crippen LogP contribution is -2.19. The van der Waals surface area contributed by atoms with Gasteiger partial charge in [0.1, 0.15) is 5.00 Å². The van der Waals surface area contributed by atoms with Crippen molar-refractivity contribution in [2.75, 3.05) is 17.7 Å².